The lowest BCUT2D eigenvalue weighted by atomic mass is 10.1. The van der Waals surface area contributed by atoms with E-state index in [1.807, 2.05) is 19.9 Å². The number of methoxy groups -OCH3 is 1. The zero-order valence-corrected chi connectivity index (χ0v) is 20.2. The van der Waals surface area contributed by atoms with Crippen molar-refractivity contribution in [2.45, 2.75) is 50.7 Å². The van der Waals surface area contributed by atoms with Crippen LogP contribution in [0.2, 0.25) is 0 Å². The summed E-state index contributed by atoms with van der Waals surface area (Å²) in [6, 6.07) is 10.8. The number of fused-ring (bicyclic) bond motifs is 1. The van der Waals surface area contributed by atoms with E-state index in [4.69, 9.17) is 13.9 Å². The number of benzene rings is 2. The van der Waals surface area contributed by atoms with E-state index in [-0.39, 0.29) is 28.9 Å². The molecule has 0 unspecified atom stereocenters. The highest BCUT2D eigenvalue weighted by Crippen LogP contribution is 2.32. The molecule has 0 radical (unpaired) electrons. The highest BCUT2D eigenvalue weighted by molar-refractivity contribution is 7.89. The second-order valence-electron chi connectivity index (χ2n) is 8.49. The van der Waals surface area contributed by atoms with Crippen molar-refractivity contribution in [2.24, 2.45) is 0 Å². The Hall–Kier alpha value is -3.17. The average molecular weight is 486 g/mol. The Kier molecular flexibility index (Phi) is 6.77. The van der Waals surface area contributed by atoms with Crippen molar-refractivity contribution in [2.75, 3.05) is 13.7 Å². The molecule has 1 atom stereocenters. The van der Waals surface area contributed by atoms with Gasteiger partial charge < -0.3 is 13.9 Å². The van der Waals surface area contributed by atoms with Gasteiger partial charge in [-0.15, -0.1) is 0 Å². The maximum absolute atomic E-state index is 13.4. The second-order valence-corrected chi connectivity index (χ2v) is 10.4. The van der Waals surface area contributed by atoms with Crippen LogP contribution in [0.4, 0.5) is 0 Å². The molecule has 1 aromatic heterocycles. The largest absolute Gasteiger partial charge is 0.495 e. The monoisotopic (exact) mass is 485 g/mol. The second kappa shape index (κ2) is 9.60. The Labute approximate surface area is 198 Å². The number of carbonyl (C=O) groups is 1. The van der Waals surface area contributed by atoms with E-state index < -0.39 is 21.6 Å². The van der Waals surface area contributed by atoms with E-state index in [0.717, 1.165) is 24.8 Å². The molecule has 180 valence electrons. The Bertz CT molecular complexity index is 1390. The maximum atomic E-state index is 13.4. The van der Waals surface area contributed by atoms with Gasteiger partial charge >= 0.3 is 11.6 Å². The Morgan fingerprint density at radius 2 is 1.94 bits per heavy atom. The van der Waals surface area contributed by atoms with Gasteiger partial charge in [-0.1, -0.05) is 18.6 Å². The van der Waals surface area contributed by atoms with Gasteiger partial charge in [-0.05, 0) is 56.5 Å². The van der Waals surface area contributed by atoms with Crippen LogP contribution < -0.4 is 10.4 Å². The number of nitrogens with zero attached hydrogens (tertiary/aromatic N) is 1. The van der Waals surface area contributed by atoms with Crippen molar-refractivity contribution in [3.8, 4) is 5.75 Å². The third-order valence-electron chi connectivity index (χ3n) is 6.07. The van der Waals surface area contributed by atoms with Crippen molar-refractivity contribution in [1.82, 2.24) is 4.31 Å². The standard InChI is InChI=1S/C25H27NO7S/c1-16-7-9-20-19(14-24(27)33-22(20)12-16)15-32-25(28)18-8-10-21(31-3)23(13-18)34(29,30)26-11-5-4-6-17(26)2/h7-10,12-14,17H,4-6,11,15H2,1-3H3/t17-/m1/s1. The van der Waals surface area contributed by atoms with Crippen molar-refractivity contribution < 1.29 is 27.1 Å². The summed E-state index contributed by atoms with van der Waals surface area (Å²) in [6.07, 6.45) is 2.54. The van der Waals surface area contributed by atoms with Gasteiger partial charge in [0, 0.05) is 29.6 Å². The predicted octanol–water partition coefficient (Wildman–Crippen LogP) is 4.03. The van der Waals surface area contributed by atoms with Crippen LogP contribution in [-0.4, -0.2) is 38.4 Å². The highest BCUT2D eigenvalue weighted by atomic mass is 32.2. The molecule has 34 heavy (non-hydrogen) atoms. The molecule has 0 saturated carbocycles. The van der Waals surface area contributed by atoms with Crippen LogP contribution in [0.5, 0.6) is 5.75 Å². The number of aryl methyl sites for hydroxylation is 1. The number of ether oxygens (including phenoxy) is 2. The first kappa shape index (κ1) is 24.0. The normalized spacial score (nSPS) is 17.0. The van der Waals surface area contributed by atoms with E-state index >= 15 is 0 Å². The highest BCUT2D eigenvalue weighted by Gasteiger charge is 2.33. The summed E-state index contributed by atoms with van der Waals surface area (Å²) in [5.41, 5.74) is 1.37. The van der Waals surface area contributed by atoms with Gasteiger partial charge in [0.05, 0.1) is 12.7 Å². The van der Waals surface area contributed by atoms with E-state index in [1.165, 1.54) is 35.7 Å². The Balaban J connectivity index is 1.61. The van der Waals surface area contributed by atoms with Crippen LogP contribution >= 0.6 is 0 Å². The SMILES string of the molecule is COc1ccc(C(=O)OCc2cc(=O)oc3cc(C)ccc23)cc1S(=O)(=O)N1CCCC[C@H]1C. The van der Waals surface area contributed by atoms with Crippen LogP contribution in [0.1, 0.15) is 47.7 Å². The minimum Gasteiger partial charge on any atom is -0.495 e. The molecule has 8 nitrogen and oxygen atoms in total. The molecular formula is C25H27NO7S. The Morgan fingerprint density at radius 1 is 1.15 bits per heavy atom. The third kappa shape index (κ3) is 4.71. The van der Waals surface area contributed by atoms with Crippen LogP contribution in [-0.2, 0) is 21.4 Å². The molecule has 3 aromatic rings. The molecule has 9 heteroatoms. The molecule has 0 aliphatic carbocycles. The molecule has 1 fully saturated rings. The van der Waals surface area contributed by atoms with E-state index in [1.54, 1.807) is 12.1 Å². The average Bonchev–Trinajstić information content (AvgIpc) is 2.81. The molecular weight excluding hydrogens is 458 g/mol. The van der Waals surface area contributed by atoms with Gasteiger partial charge in [0.15, 0.2) is 0 Å². The van der Waals surface area contributed by atoms with Gasteiger partial charge in [-0.25, -0.2) is 18.0 Å². The topological polar surface area (TPSA) is 103 Å². The maximum Gasteiger partial charge on any atom is 0.338 e. The molecule has 1 saturated heterocycles. The first-order chi connectivity index (χ1) is 16.2. The lowest BCUT2D eigenvalue weighted by Crippen LogP contribution is -2.42. The molecule has 0 N–H and O–H groups in total. The van der Waals surface area contributed by atoms with E-state index in [2.05, 4.69) is 0 Å². The first-order valence-electron chi connectivity index (χ1n) is 11.1. The quantitative estimate of drug-likeness (QED) is 0.384. The molecule has 4 rings (SSSR count). The third-order valence-corrected chi connectivity index (χ3v) is 8.11. The molecule has 2 heterocycles. The molecule has 1 aliphatic heterocycles. The Morgan fingerprint density at radius 3 is 2.68 bits per heavy atom. The zero-order valence-electron chi connectivity index (χ0n) is 19.4. The van der Waals surface area contributed by atoms with Crippen molar-refractivity contribution in [3.05, 3.63) is 69.6 Å². The number of hydrogen-bond acceptors (Lipinski definition) is 7. The van der Waals surface area contributed by atoms with E-state index in [9.17, 15) is 18.0 Å². The minimum absolute atomic E-state index is 0.0699. The number of piperidine rings is 1. The van der Waals surface area contributed by atoms with Crippen LogP contribution in [0.15, 0.2) is 56.6 Å². The van der Waals surface area contributed by atoms with Crippen molar-refractivity contribution >= 4 is 27.0 Å². The zero-order chi connectivity index (χ0) is 24.5. The summed E-state index contributed by atoms with van der Waals surface area (Å²) in [5, 5.41) is 0.662. The molecule has 2 aromatic carbocycles. The summed E-state index contributed by atoms with van der Waals surface area (Å²) < 4.78 is 44.2. The predicted molar refractivity (Wildman–Crippen MR) is 127 cm³/mol. The summed E-state index contributed by atoms with van der Waals surface area (Å²) in [4.78, 5) is 24.7. The van der Waals surface area contributed by atoms with Gasteiger partial charge in [0.2, 0.25) is 10.0 Å². The number of hydrogen-bond donors (Lipinski definition) is 0. The number of esters is 1. The number of sulfonamides is 1. The van der Waals surface area contributed by atoms with Crippen molar-refractivity contribution in [3.63, 3.8) is 0 Å². The van der Waals surface area contributed by atoms with Crippen LogP contribution in [0.25, 0.3) is 11.0 Å². The van der Waals surface area contributed by atoms with Crippen molar-refractivity contribution in [1.29, 1.82) is 0 Å². The van der Waals surface area contributed by atoms with E-state index in [0.29, 0.717) is 23.1 Å². The molecule has 0 bridgehead atoms. The summed E-state index contributed by atoms with van der Waals surface area (Å²) >= 11 is 0. The van der Waals surface area contributed by atoms with Gasteiger partial charge in [-0.2, -0.15) is 4.31 Å². The lowest BCUT2D eigenvalue weighted by molar-refractivity contribution is 0.0473. The number of rotatable bonds is 6. The molecule has 1 aliphatic rings. The molecule has 0 amide bonds. The smallest absolute Gasteiger partial charge is 0.338 e. The lowest BCUT2D eigenvalue weighted by Gasteiger charge is -2.32. The minimum atomic E-state index is -3.87. The fourth-order valence-electron chi connectivity index (χ4n) is 4.24. The van der Waals surface area contributed by atoms with Gasteiger partial charge in [-0.3, -0.25) is 0 Å². The van der Waals surface area contributed by atoms with Gasteiger partial charge in [0.25, 0.3) is 0 Å². The fourth-order valence-corrected chi connectivity index (χ4v) is 6.13. The van der Waals surface area contributed by atoms with Gasteiger partial charge in [0.1, 0.15) is 22.8 Å². The summed E-state index contributed by atoms with van der Waals surface area (Å²) in [6.45, 7) is 4.02. The van der Waals surface area contributed by atoms with Crippen LogP contribution in [0.3, 0.4) is 0 Å². The summed E-state index contributed by atoms with van der Waals surface area (Å²) in [7, 11) is -2.48. The molecule has 0 spiro atoms. The fraction of sp³-hybridized carbons (Fsp3) is 0.360. The first-order valence-corrected chi connectivity index (χ1v) is 12.5. The van der Waals surface area contributed by atoms with Crippen LogP contribution in [0, 0.1) is 6.92 Å². The summed E-state index contributed by atoms with van der Waals surface area (Å²) in [5.74, 6) is -0.546. The number of carbonyl (C=O) groups excluding carboxylic acids is 1.